The molecule has 0 unspecified atom stereocenters. The van der Waals surface area contributed by atoms with Crippen LogP contribution < -0.4 is 0 Å². The second-order valence-corrected chi connectivity index (χ2v) is 2.57. The quantitative estimate of drug-likeness (QED) is 0.708. The van der Waals surface area contributed by atoms with E-state index in [1.807, 2.05) is 0 Å². The Kier molecular flexibility index (Phi) is 1.66. The van der Waals surface area contributed by atoms with Crippen LogP contribution in [0.25, 0.3) is 10.9 Å². The second kappa shape index (κ2) is 2.82. The summed E-state index contributed by atoms with van der Waals surface area (Å²) in [4.78, 5) is 10.8. The minimum Gasteiger partial charge on any atom is -0.478 e. The molecule has 1 N–H and O–H groups in total. The van der Waals surface area contributed by atoms with Gasteiger partial charge in [-0.05, 0) is 18.2 Å². The van der Waals surface area contributed by atoms with Gasteiger partial charge >= 0.3 is 5.97 Å². The highest BCUT2D eigenvalue weighted by Gasteiger charge is 2.07. The summed E-state index contributed by atoms with van der Waals surface area (Å²) in [7, 11) is 0. The van der Waals surface area contributed by atoms with Crippen LogP contribution in [0.2, 0.25) is 0 Å². The Balaban J connectivity index is 2.83. The van der Waals surface area contributed by atoms with Gasteiger partial charge in [-0.25, -0.2) is 4.79 Å². The molecule has 0 bridgehead atoms. The molecule has 0 amide bonds. The second-order valence-electron chi connectivity index (χ2n) is 2.57. The van der Waals surface area contributed by atoms with Crippen LogP contribution >= 0.6 is 0 Å². The van der Waals surface area contributed by atoms with Crippen molar-refractivity contribution in [3.05, 3.63) is 36.0 Å². The highest BCUT2D eigenvalue weighted by atomic mass is 16.4. The molecule has 2 rings (SSSR count). The van der Waals surface area contributed by atoms with Crippen LogP contribution in [0, 0.1) is 0 Å². The Morgan fingerprint density at radius 2 is 2.15 bits per heavy atom. The molecule has 0 spiro atoms. The molecule has 1 aromatic carbocycles. The van der Waals surface area contributed by atoms with Gasteiger partial charge in [-0.15, -0.1) is 0 Å². The van der Waals surface area contributed by atoms with Gasteiger partial charge in [0.1, 0.15) is 0 Å². The number of aromatic carboxylic acids is 1. The summed E-state index contributed by atoms with van der Waals surface area (Å²) >= 11 is 0. The van der Waals surface area contributed by atoms with Crippen LogP contribution in [0.3, 0.4) is 0 Å². The molecular weight excluding hydrogens is 168 g/mol. The number of hydrogen-bond donors (Lipinski definition) is 1. The van der Waals surface area contributed by atoms with E-state index in [9.17, 15) is 4.79 Å². The number of nitrogens with zero attached hydrogens (tertiary/aromatic N) is 2. The molecule has 1 heterocycles. The molecule has 0 atom stereocenters. The molecule has 0 saturated heterocycles. The minimum absolute atomic E-state index is 0.257. The zero-order valence-electron chi connectivity index (χ0n) is 6.64. The van der Waals surface area contributed by atoms with Crippen molar-refractivity contribution in [3.63, 3.8) is 0 Å². The number of rotatable bonds is 1. The fraction of sp³-hybridized carbons (Fsp3) is 0. The zero-order chi connectivity index (χ0) is 9.26. The van der Waals surface area contributed by atoms with Crippen LogP contribution in [0.1, 0.15) is 10.4 Å². The van der Waals surface area contributed by atoms with Gasteiger partial charge < -0.3 is 5.11 Å². The van der Waals surface area contributed by atoms with Crippen LogP contribution in [0.5, 0.6) is 0 Å². The van der Waals surface area contributed by atoms with Gasteiger partial charge in [0.15, 0.2) is 0 Å². The lowest BCUT2D eigenvalue weighted by Crippen LogP contribution is -1.97. The van der Waals surface area contributed by atoms with Crippen molar-refractivity contribution < 1.29 is 9.90 Å². The molecule has 0 aliphatic carbocycles. The van der Waals surface area contributed by atoms with Gasteiger partial charge in [0.05, 0.1) is 17.3 Å². The third-order valence-corrected chi connectivity index (χ3v) is 1.79. The molecule has 0 saturated carbocycles. The molecular formula is C9H6N2O2. The predicted octanol–water partition coefficient (Wildman–Crippen LogP) is 1.33. The molecule has 0 radical (unpaired) electrons. The number of benzene rings is 1. The molecule has 0 aliphatic heterocycles. The molecule has 4 heteroatoms. The van der Waals surface area contributed by atoms with E-state index in [0.29, 0.717) is 10.9 Å². The summed E-state index contributed by atoms with van der Waals surface area (Å²) in [6.45, 7) is 0. The van der Waals surface area contributed by atoms with Gasteiger partial charge in [0, 0.05) is 5.39 Å². The Hall–Kier alpha value is -1.97. The van der Waals surface area contributed by atoms with Crippen molar-refractivity contribution in [3.8, 4) is 0 Å². The van der Waals surface area contributed by atoms with E-state index < -0.39 is 5.97 Å². The summed E-state index contributed by atoms with van der Waals surface area (Å²) in [6.07, 6.45) is 1.48. The van der Waals surface area contributed by atoms with Crippen molar-refractivity contribution in [2.75, 3.05) is 0 Å². The fourth-order valence-corrected chi connectivity index (χ4v) is 1.21. The van der Waals surface area contributed by atoms with E-state index >= 15 is 0 Å². The molecule has 4 nitrogen and oxygen atoms in total. The van der Waals surface area contributed by atoms with E-state index in [-0.39, 0.29) is 5.56 Å². The fourth-order valence-electron chi connectivity index (χ4n) is 1.21. The highest BCUT2D eigenvalue weighted by Crippen LogP contribution is 2.14. The van der Waals surface area contributed by atoms with E-state index in [1.165, 1.54) is 6.20 Å². The van der Waals surface area contributed by atoms with E-state index in [0.717, 1.165) is 0 Å². The van der Waals surface area contributed by atoms with Crippen molar-refractivity contribution in [1.82, 2.24) is 10.2 Å². The minimum atomic E-state index is -0.946. The van der Waals surface area contributed by atoms with Crippen molar-refractivity contribution in [2.24, 2.45) is 0 Å². The Labute approximate surface area is 73.8 Å². The van der Waals surface area contributed by atoms with Crippen LogP contribution in [0.4, 0.5) is 0 Å². The van der Waals surface area contributed by atoms with E-state index in [2.05, 4.69) is 10.2 Å². The molecule has 0 aliphatic rings. The van der Waals surface area contributed by atoms with E-state index in [4.69, 9.17) is 5.11 Å². The Morgan fingerprint density at radius 3 is 2.92 bits per heavy atom. The van der Waals surface area contributed by atoms with Gasteiger partial charge in [-0.2, -0.15) is 10.2 Å². The molecule has 0 fully saturated rings. The number of carboxylic acids is 1. The lowest BCUT2D eigenvalue weighted by molar-refractivity contribution is 0.0699. The first-order valence-electron chi connectivity index (χ1n) is 3.73. The third kappa shape index (κ3) is 1.22. The molecule has 13 heavy (non-hydrogen) atoms. The average Bonchev–Trinajstić information content (AvgIpc) is 2.17. The lowest BCUT2D eigenvalue weighted by atomic mass is 10.1. The smallest absolute Gasteiger partial charge is 0.336 e. The average molecular weight is 174 g/mol. The summed E-state index contributed by atoms with van der Waals surface area (Å²) in [6, 6.07) is 6.58. The first-order chi connectivity index (χ1) is 6.29. The molecule has 1 aromatic heterocycles. The maximum Gasteiger partial charge on any atom is 0.336 e. The normalized spacial score (nSPS) is 10.2. The number of hydrogen-bond acceptors (Lipinski definition) is 3. The maximum atomic E-state index is 10.8. The summed E-state index contributed by atoms with van der Waals surface area (Å²) in [5, 5.41) is 16.9. The van der Waals surface area contributed by atoms with Crippen LogP contribution in [-0.2, 0) is 0 Å². The maximum absolute atomic E-state index is 10.8. The number of carboxylic acid groups (broad SMARTS) is 1. The monoisotopic (exact) mass is 174 g/mol. The topological polar surface area (TPSA) is 63.1 Å². The first kappa shape index (κ1) is 7.67. The third-order valence-electron chi connectivity index (χ3n) is 1.79. The lowest BCUT2D eigenvalue weighted by Gasteiger charge is -1.98. The van der Waals surface area contributed by atoms with Gasteiger partial charge in [0.25, 0.3) is 0 Å². The van der Waals surface area contributed by atoms with Crippen molar-refractivity contribution in [2.45, 2.75) is 0 Å². The highest BCUT2D eigenvalue weighted by molar-refractivity contribution is 6.02. The predicted molar refractivity (Wildman–Crippen MR) is 46.5 cm³/mol. The molecule has 2 aromatic rings. The van der Waals surface area contributed by atoms with E-state index in [1.54, 1.807) is 24.3 Å². The van der Waals surface area contributed by atoms with Crippen LogP contribution in [-0.4, -0.2) is 21.3 Å². The van der Waals surface area contributed by atoms with Gasteiger partial charge in [-0.3, -0.25) is 0 Å². The first-order valence-corrected chi connectivity index (χ1v) is 3.73. The summed E-state index contributed by atoms with van der Waals surface area (Å²) < 4.78 is 0. The molecule has 64 valence electrons. The number of aromatic nitrogens is 2. The summed E-state index contributed by atoms with van der Waals surface area (Å²) in [5.41, 5.74) is 0.856. The van der Waals surface area contributed by atoms with Crippen molar-refractivity contribution in [1.29, 1.82) is 0 Å². The van der Waals surface area contributed by atoms with Crippen molar-refractivity contribution >= 4 is 16.9 Å². The summed E-state index contributed by atoms with van der Waals surface area (Å²) in [5.74, 6) is -0.946. The largest absolute Gasteiger partial charge is 0.478 e. The standard InChI is InChI=1S/C9H6N2O2/c12-9(13)7-2-1-3-8-6(7)4-5-10-11-8/h1-5H,(H,12,13). The van der Waals surface area contributed by atoms with Crippen LogP contribution in [0.15, 0.2) is 30.5 Å². The number of carbonyl (C=O) groups is 1. The van der Waals surface area contributed by atoms with Gasteiger partial charge in [-0.1, -0.05) is 6.07 Å². The van der Waals surface area contributed by atoms with Gasteiger partial charge in [0.2, 0.25) is 0 Å². The Bertz CT molecular complexity index is 463. The Morgan fingerprint density at radius 1 is 1.31 bits per heavy atom. The SMILES string of the molecule is O=C(O)c1cccc2nnccc12. The number of fused-ring (bicyclic) bond motifs is 1. The zero-order valence-corrected chi connectivity index (χ0v) is 6.64.